The molecule has 0 bridgehead atoms. The Labute approximate surface area is 241 Å². The molecule has 41 heavy (non-hydrogen) atoms. The first-order valence-corrected chi connectivity index (χ1v) is 14.8. The summed E-state index contributed by atoms with van der Waals surface area (Å²) in [7, 11) is 1.71. The van der Waals surface area contributed by atoms with Crippen molar-refractivity contribution in [2.24, 2.45) is 30.2 Å². The van der Waals surface area contributed by atoms with Gasteiger partial charge in [0.1, 0.15) is 11.7 Å². The van der Waals surface area contributed by atoms with Gasteiger partial charge >= 0.3 is 0 Å². The van der Waals surface area contributed by atoms with E-state index in [9.17, 15) is 19.2 Å². The molecule has 3 aliphatic rings. The maximum absolute atomic E-state index is 13.8. The first kappa shape index (κ1) is 28.8. The van der Waals surface area contributed by atoms with Crippen LogP contribution in [0.3, 0.4) is 0 Å². The molecule has 0 saturated heterocycles. The molecule has 0 aliphatic heterocycles. The maximum Gasteiger partial charge on any atom is 0.270 e. The van der Waals surface area contributed by atoms with Crippen LogP contribution >= 0.6 is 0 Å². The summed E-state index contributed by atoms with van der Waals surface area (Å²) >= 11 is 0. The SMILES string of the molecule is Cn1nccc1C(=O)N[C@H](C(=O)Nc1ccc(C(C)(C)C(=O)NNC(=O)C2CCC2)cc1)C(C1CCC1)C1(C)CC1. The molecule has 10 heteroatoms. The second-order valence-electron chi connectivity index (χ2n) is 12.9. The number of nitrogens with zero attached hydrogens (tertiary/aromatic N) is 2. The van der Waals surface area contributed by atoms with Crippen LogP contribution in [-0.2, 0) is 26.8 Å². The minimum atomic E-state index is -0.912. The van der Waals surface area contributed by atoms with Gasteiger partial charge in [0.05, 0.1) is 5.41 Å². The second-order valence-corrected chi connectivity index (χ2v) is 12.9. The predicted molar refractivity (Wildman–Crippen MR) is 154 cm³/mol. The van der Waals surface area contributed by atoms with E-state index in [-0.39, 0.29) is 40.9 Å². The third-order valence-electron chi connectivity index (χ3n) is 9.70. The number of nitrogens with one attached hydrogen (secondary N) is 4. The molecule has 220 valence electrons. The van der Waals surface area contributed by atoms with Crippen LogP contribution in [0.5, 0.6) is 0 Å². The summed E-state index contributed by atoms with van der Waals surface area (Å²) in [5.74, 6) is -0.600. The lowest BCUT2D eigenvalue weighted by Gasteiger charge is -2.42. The molecule has 1 unspecified atom stereocenters. The van der Waals surface area contributed by atoms with Crippen molar-refractivity contribution < 1.29 is 19.2 Å². The van der Waals surface area contributed by atoms with Gasteiger partial charge in [-0.2, -0.15) is 5.10 Å². The van der Waals surface area contributed by atoms with Crippen molar-refractivity contribution in [2.75, 3.05) is 5.32 Å². The number of anilines is 1. The highest BCUT2D eigenvalue weighted by atomic mass is 16.2. The number of hydrogen-bond acceptors (Lipinski definition) is 5. The molecule has 0 radical (unpaired) electrons. The van der Waals surface area contributed by atoms with Gasteiger partial charge in [-0.3, -0.25) is 34.7 Å². The third kappa shape index (κ3) is 6.01. The van der Waals surface area contributed by atoms with Gasteiger partial charge in [-0.15, -0.1) is 0 Å². The summed E-state index contributed by atoms with van der Waals surface area (Å²) in [4.78, 5) is 52.1. The maximum atomic E-state index is 13.8. The molecule has 3 fully saturated rings. The Morgan fingerprint density at radius 1 is 0.976 bits per heavy atom. The van der Waals surface area contributed by atoms with Gasteiger partial charge in [0.25, 0.3) is 5.91 Å². The fraction of sp³-hybridized carbons (Fsp3) is 0.581. The normalized spacial score (nSPS) is 19.6. The molecule has 4 amide bonds. The number of aromatic nitrogens is 2. The van der Waals surface area contributed by atoms with Gasteiger partial charge in [0, 0.05) is 24.8 Å². The van der Waals surface area contributed by atoms with E-state index in [0.717, 1.165) is 56.9 Å². The Bertz CT molecular complexity index is 1300. The lowest BCUT2D eigenvalue weighted by Crippen LogP contribution is -2.54. The Hall–Kier alpha value is -3.69. The van der Waals surface area contributed by atoms with Gasteiger partial charge in [-0.1, -0.05) is 44.7 Å². The summed E-state index contributed by atoms with van der Waals surface area (Å²) in [6.45, 7) is 5.80. The van der Waals surface area contributed by atoms with E-state index >= 15 is 0 Å². The van der Waals surface area contributed by atoms with Crippen LogP contribution in [-0.4, -0.2) is 39.5 Å². The van der Waals surface area contributed by atoms with E-state index in [1.165, 1.54) is 4.68 Å². The Morgan fingerprint density at radius 2 is 1.63 bits per heavy atom. The number of carbonyl (C=O) groups is 4. The minimum Gasteiger partial charge on any atom is -0.339 e. The van der Waals surface area contributed by atoms with E-state index in [1.54, 1.807) is 57.4 Å². The average Bonchev–Trinajstić information content (AvgIpc) is 3.47. The number of rotatable bonds is 10. The summed E-state index contributed by atoms with van der Waals surface area (Å²) in [6, 6.07) is 8.11. The predicted octanol–water partition coefficient (Wildman–Crippen LogP) is 3.60. The van der Waals surface area contributed by atoms with Crippen molar-refractivity contribution in [1.29, 1.82) is 0 Å². The second kappa shape index (κ2) is 11.3. The van der Waals surface area contributed by atoms with E-state index in [1.807, 2.05) is 0 Å². The zero-order valence-corrected chi connectivity index (χ0v) is 24.5. The highest BCUT2D eigenvalue weighted by molar-refractivity contribution is 6.01. The fourth-order valence-corrected chi connectivity index (χ4v) is 6.07. The van der Waals surface area contributed by atoms with E-state index < -0.39 is 11.5 Å². The van der Waals surface area contributed by atoms with E-state index in [0.29, 0.717) is 17.3 Å². The summed E-state index contributed by atoms with van der Waals surface area (Å²) < 4.78 is 1.51. The molecule has 2 aromatic rings. The van der Waals surface area contributed by atoms with Gasteiger partial charge < -0.3 is 10.6 Å². The Balaban J connectivity index is 1.28. The summed E-state index contributed by atoms with van der Waals surface area (Å²) in [5, 5.41) is 10.2. The zero-order valence-electron chi connectivity index (χ0n) is 24.5. The third-order valence-corrected chi connectivity index (χ3v) is 9.70. The molecule has 5 rings (SSSR count). The smallest absolute Gasteiger partial charge is 0.270 e. The van der Waals surface area contributed by atoms with Gasteiger partial charge in [-0.05, 0) is 80.5 Å². The molecule has 1 heterocycles. The van der Waals surface area contributed by atoms with E-state index in [4.69, 9.17) is 0 Å². The number of amides is 4. The van der Waals surface area contributed by atoms with Crippen LogP contribution < -0.4 is 21.5 Å². The number of aryl methyl sites for hydroxylation is 1. The minimum absolute atomic E-state index is 0.0227. The average molecular weight is 563 g/mol. The lowest BCUT2D eigenvalue weighted by atomic mass is 9.66. The fourth-order valence-electron chi connectivity index (χ4n) is 6.07. The summed E-state index contributed by atoms with van der Waals surface area (Å²) in [6.07, 6.45) is 9.70. The quantitative estimate of drug-likeness (QED) is 0.328. The van der Waals surface area contributed by atoms with Crippen LogP contribution in [0.1, 0.15) is 88.2 Å². The summed E-state index contributed by atoms with van der Waals surface area (Å²) in [5.41, 5.74) is 5.97. The first-order chi connectivity index (χ1) is 19.5. The standard InChI is InChI=1S/C31H42N6O4/c1-30(2,29(41)36-35-26(38)20-9-6-10-20)21-11-13-22(14-12-21)33-28(40)25(34-27(39)23-15-18-32-37(23)4)24(19-7-5-8-19)31(3)16-17-31/h11-15,18-20,24-25H,5-10,16-17H2,1-4H3,(H,33,40)(H,34,39)(H,35,38)(H,36,41)/t24?,25-/m0/s1. The van der Waals surface area contributed by atoms with Crippen LogP contribution in [0.25, 0.3) is 0 Å². The van der Waals surface area contributed by atoms with Crippen molar-refractivity contribution in [3.63, 3.8) is 0 Å². The molecule has 3 saturated carbocycles. The monoisotopic (exact) mass is 562 g/mol. The molecular formula is C31H42N6O4. The van der Waals surface area contributed by atoms with Crippen LogP contribution in [0, 0.1) is 23.2 Å². The first-order valence-electron chi connectivity index (χ1n) is 14.8. The van der Waals surface area contributed by atoms with Crippen LogP contribution in [0.15, 0.2) is 36.5 Å². The number of hydrogen-bond donors (Lipinski definition) is 4. The van der Waals surface area contributed by atoms with Gasteiger partial charge in [0.2, 0.25) is 17.7 Å². The van der Waals surface area contributed by atoms with Crippen molar-refractivity contribution in [3.8, 4) is 0 Å². The zero-order chi connectivity index (χ0) is 29.4. The van der Waals surface area contributed by atoms with Crippen LogP contribution in [0.4, 0.5) is 5.69 Å². The van der Waals surface area contributed by atoms with Gasteiger partial charge in [0.15, 0.2) is 0 Å². The lowest BCUT2D eigenvalue weighted by molar-refractivity contribution is -0.134. The molecule has 1 aromatic heterocycles. The highest BCUT2D eigenvalue weighted by Crippen LogP contribution is 2.58. The van der Waals surface area contributed by atoms with Crippen molar-refractivity contribution in [3.05, 3.63) is 47.8 Å². The van der Waals surface area contributed by atoms with Gasteiger partial charge in [-0.25, -0.2) is 0 Å². The highest BCUT2D eigenvalue weighted by Gasteiger charge is 2.54. The Morgan fingerprint density at radius 3 is 2.15 bits per heavy atom. The molecule has 2 atom stereocenters. The molecule has 1 aromatic carbocycles. The Kier molecular flexibility index (Phi) is 7.94. The molecular weight excluding hydrogens is 520 g/mol. The number of benzene rings is 1. The molecule has 3 aliphatic carbocycles. The van der Waals surface area contributed by atoms with Crippen molar-refractivity contribution >= 4 is 29.3 Å². The van der Waals surface area contributed by atoms with Crippen LogP contribution in [0.2, 0.25) is 0 Å². The largest absolute Gasteiger partial charge is 0.339 e. The number of hydrazine groups is 1. The molecule has 0 spiro atoms. The molecule has 4 N–H and O–H groups in total. The van der Waals surface area contributed by atoms with Crippen molar-refractivity contribution in [1.82, 2.24) is 25.9 Å². The van der Waals surface area contributed by atoms with Crippen molar-refractivity contribution in [2.45, 2.75) is 83.6 Å². The molecule has 10 nitrogen and oxygen atoms in total. The topological polar surface area (TPSA) is 134 Å². The number of carbonyl (C=O) groups excluding carboxylic acids is 4. The van der Waals surface area contributed by atoms with E-state index in [2.05, 4.69) is 33.5 Å².